The minimum absolute atomic E-state index is 0.562. The lowest BCUT2D eigenvalue weighted by Gasteiger charge is -2.07. The topological polar surface area (TPSA) is 18.5 Å². The van der Waals surface area contributed by atoms with Crippen molar-refractivity contribution in [1.29, 1.82) is 0 Å². The third-order valence-corrected chi connectivity index (χ3v) is 0.945. The highest BCUT2D eigenvalue weighted by Crippen LogP contribution is 2.01. The molecule has 1 aliphatic rings. The van der Waals surface area contributed by atoms with E-state index in [9.17, 15) is 0 Å². The lowest BCUT2D eigenvalue weighted by atomic mass is 10.4. The molecule has 0 bridgehead atoms. The highest BCUT2D eigenvalue weighted by atomic mass is 16.5. The molecule has 0 fully saturated rings. The summed E-state index contributed by atoms with van der Waals surface area (Å²) in [5.74, 6) is 0.868. The summed E-state index contributed by atoms with van der Waals surface area (Å²) in [6, 6.07) is 0. The van der Waals surface area contributed by atoms with Gasteiger partial charge in [0.05, 0.1) is 13.4 Å². The van der Waals surface area contributed by atoms with Gasteiger partial charge in [0, 0.05) is 0 Å². The molecule has 1 heterocycles. The Bertz CT molecular complexity index is 124. The standard InChI is InChI=1S/C6H8O2/c1-7-6-3-2-4-8-5-6/h2-4H,5H2,1H3. The van der Waals surface area contributed by atoms with Crippen LogP contribution in [-0.4, -0.2) is 13.7 Å². The van der Waals surface area contributed by atoms with Crippen molar-refractivity contribution in [3.63, 3.8) is 0 Å². The van der Waals surface area contributed by atoms with Crippen LogP contribution in [0.5, 0.6) is 0 Å². The molecule has 0 radical (unpaired) electrons. The molecule has 2 heteroatoms. The summed E-state index contributed by atoms with van der Waals surface area (Å²) in [4.78, 5) is 0. The molecule has 0 aromatic heterocycles. The molecule has 0 aromatic carbocycles. The van der Waals surface area contributed by atoms with Crippen molar-refractivity contribution in [3.05, 3.63) is 24.2 Å². The van der Waals surface area contributed by atoms with Gasteiger partial charge in [0.15, 0.2) is 0 Å². The van der Waals surface area contributed by atoms with E-state index in [1.54, 1.807) is 13.4 Å². The first-order valence-corrected chi connectivity index (χ1v) is 2.45. The zero-order valence-corrected chi connectivity index (χ0v) is 4.76. The fourth-order valence-electron chi connectivity index (χ4n) is 0.507. The first kappa shape index (κ1) is 5.22. The van der Waals surface area contributed by atoms with Gasteiger partial charge in [-0.15, -0.1) is 0 Å². The summed E-state index contributed by atoms with van der Waals surface area (Å²) in [5.41, 5.74) is 0. The summed E-state index contributed by atoms with van der Waals surface area (Å²) < 4.78 is 9.78. The lowest BCUT2D eigenvalue weighted by molar-refractivity contribution is 0.183. The van der Waals surface area contributed by atoms with E-state index in [-0.39, 0.29) is 0 Å². The van der Waals surface area contributed by atoms with Crippen LogP contribution in [0.15, 0.2) is 24.2 Å². The summed E-state index contributed by atoms with van der Waals surface area (Å²) >= 11 is 0. The average molecular weight is 112 g/mol. The van der Waals surface area contributed by atoms with Gasteiger partial charge >= 0.3 is 0 Å². The average Bonchev–Trinajstić information content (AvgIpc) is 1.90. The van der Waals surface area contributed by atoms with Crippen LogP contribution in [-0.2, 0) is 9.47 Å². The van der Waals surface area contributed by atoms with Gasteiger partial charge in [0.1, 0.15) is 12.4 Å². The van der Waals surface area contributed by atoms with Crippen LogP contribution in [0.2, 0.25) is 0 Å². The Labute approximate surface area is 48.4 Å². The highest BCUT2D eigenvalue weighted by molar-refractivity contribution is 5.09. The van der Waals surface area contributed by atoms with E-state index in [0.717, 1.165) is 5.76 Å². The number of hydrogen-bond acceptors (Lipinski definition) is 2. The molecule has 0 aliphatic carbocycles. The number of methoxy groups -OCH3 is 1. The van der Waals surface area contributed by atoms with E-state index in [4.69, 9.17) is 9.47 Å². The lowest BCUT2D eigenvalue weighted by Crippen LogP contribution is -1.98. The third-order valence-electron chi connectivity index (χ3n) is 0.945. The molecule has 0 unspecified atom stereocenters. The van der Waals surface area contributed by atoms with E-state index in [1.165, 1.54) is 0 Å². The predicted octanol–water partition coefficient (Wildman–Crippen LogP) is 1.06. The minimum atomic E-state index is 0.562. The van der Waals surface area contributed by atoms with E-state index in [1.807, 2.05) is 12.2 Å². The summed E-state index contributed by atoms with van der Waals surface area (Å²) in [7, 11) is 1.63. The van der Waals surface area contributed by atoms with Gasteiger partial charge in [0.2, 0.25) is 0 Å². The molecule has 0 aromatic rings. The number of allylic oxidation sites excluding steroid dienone is 2. The smallest absolute Gasteiger partial charge is 0.144 e. The van der Waals surface area contributed by atoms with Crippen LogP contribution in [0.4, 0.5) is 0 Å². The van der Waals surface area contributed by atoms with Gasteiger partial charge in [-0.1, -0.05) is 0 Å². The van der Waals surface area contributed by atoms with Gasteiger partial charge in [-0.05, 0) is 12.2 Å². The normalized spacial score (nSPS) is 16.9. The molecule has 44 valence electrons. The molecular formula is C6H8O2. The first-order chi connectivity index (χ1) is 3.93. The second-order valence-corrected chi connectivity index (χ2v) is 1.48. The Morgan fingerprint density at radius 3 is 3.00 bits per heavy atom. The van der Waals surface area contributed by atoms with Gasteiger partial charge in [0.25, 0.3) is 0 Å². The number of hydrogen-bond donors (Lipinski definition) is 0. The molecule has 1 aliphatic heterocycles. The first-order valence-electron chi connectivity index (χ1n) is 2.45. The molecule has 0 saturated heterocycles. The Balaban J connectivity index is 2.50. The van der Waals surface area contributed by atoms with Crippen molar-refractivity contribution in [2.45, 2.75) is 0 Å². The van der Waals surface area contributed by atoms with Gasteiger partial charge in [-0.25, -0.2) is 0 Å². The van der Waals surface area contributed by atoms with Crippen LogP contribution < -0.4 is 0 Å². The molecule has 8 heavy (non-hydrogen) atoms. The Morgan fingerprint density at radius 1 is 1.75 bits per heavy atom. The van der Waals surface area contributed by atoms with E-state index >= 15 is 0 Å². The largest absolute Gasteiger partial charge is 0.497 e. The zero-order valence-electron chi connectivity index (χ0n) is 4.76. The van der Waals surface area contributed by atoms with Crippen molar-refractivity contribution in [2.75, 3.05) is 13.7 Å². The molecule has 0 spiro atoms. The van der Waals surface area contributed by atoms with Crippen LogP contribution in [0, 0.1) is 0 Å². The molecule has 0 atom stereocenters. The van der Waals surface area contributed by atoms with Crippen LogP contribution >= 0.6 is 0 Å². The van der Waals surface area contributed by atoms with Crippen LogP contribution in [0.25, 0.3) is 0 Å². The van der Waals surface area contributed by atoms with E-state index < -0.39 is 0 Å². The number of ether oxygens (including phenoxy) is 2. The maximum atomic E-state index is 4.90. The maximum Gasteiger partial charge on any atom is 0.144 e. The van der Waals surface area contributed by atoms with Gasteiger partial charge < -0.3 is 9.47 Å². The quantitative estimate of drug-likeness (QED) is 0.505. The van der Waals surface area contributed by atoms with Crippen LogP contribution in [0.3, 0.4) is 0 Å². The molecule has 1 rings (SSSR count). The summed E-state index contributed by atoms with van der Waals surface area (Å²) in [6.45, 7) is 0.562. The SMILES string of the molecule is COC1=CC=COC1. The second-order valence-electron chi connectivity index (χ2n) is 1.48. The van der Waals surface area contributed by atoms with Crippen molar-refractivity contribution in [2.24, 2.45) is 0 Å². The maximum absolute atomic E-state index is 4.90. The Morgan fingerprint density at radius 2 is 2.62 bits per heavy atom. The monoisotopic (exact) mass is 112 g/mol. The molecule has 0 amide bonds. The Hall–Kier alpha value is -0.920. The third kappa shape index (κ3) is 1.03. The second kappa shape index (κ2) is 2.40. The van der Waals surface area contributed by atoms with Crippen molar-refractivity contribution in [3.8, 4) is 0 Å². The van der Waals surface area contributed by atoms with Gasteiger partial charge in [-0.2, -0.15) is 0 Å². The zero-order chi connectivity index (χ0) is 5.82. The van der Waals surface area contributed by atoms with E-state index in [2.05, 4.69) is 0 Å². The van der Waals surface area contributed by atoms with Gasteiger partial charge in [-0.3, -0.25) is 0 Å². The van der Waals surface area contributed by atoms with Crippen molar-refractivity contribution >= 4 is 0 Å². The molecular weight excluding hydrogens is 104 g/mol. The van der Waals surface area contributed by atoms with E-state index in [0.29, 0.717) is 6.61 Å². The van der Waals surface area contributed by atoms with Crippen molar-refractivity contribution in [1.82, 2.24) is 0 Å². The summed E-state index contributed by atoms with van der Waals surface area (Å²) in [6.07, 6.45) is 5.33. The number of rotatable bonds is 1. The minimum Gasteiger partial charge on any atom is -0.497 e. The fourth-order valence-corrected chi connectivity index (χ4v) is 0.507. The highest BCUT2D eigenvalue weighted by Gasteiger charge is 1.95. The Kier molecular flexibility index (Phi) is 1.57. The summed E-state index contributed by atoms with van der Waals surface area (Å²) in [5, 5.41) is 0. The predicted molar refractivity (Wildman–Crippen MR) is 30.2 cm³/mol. The fraction of sp³-hybridized carbons (Fsp3) is 0.333. The van der Waals surface area contributed by atoms with Crippen molar-refractivity contribution < 1.29 is 9.47 Å². The molecule has 0 N–H and O–H groups in total. The van der Waals surface area contributed by atoms with Crippen LogP contribution in [0.1, 0.15) is 0 Å². The molecule has 0 saturated carbocycles. The molecule has 2 nitrogen and oxygen atoms in total.